The minimum atomic E-state index is -3.52. The van der Waals surface area contributed by atoms with Crippen molar-refractivity contribution in [3.63, 3.8) is 0 Å². The fraction of sp³-hybridized carbons (Fsp3) is 0.571. The first-order valence-electron chi connectivity index (χ1n) is 6.79. The van der Waals surface area contributed by atoms with Gasteiger partial charge in [-0.25, -0.2) is 13.1 Å². The Balaban J connectivity index is 2.12. The number of nitrogens with one attached hydrogen (secondary N) is 1. The molecule has 0 radical (unpaired) electrons. The van der Waals surface area contributed by atoms with Crippen molar-refractivity contribution in [3.8, 4) is 5.75 Å². The summed E-state index contributed by atoms with van der Waals surface area (Å²) in [6, 6.07) is 4.51. The number of nitrogen functional groups attached to an aromatic ring is 1. The van der Waals surface area contributed by atoms with Crippen molar-refractivity contribution in [3.05, 3.63) is 18.2 Å². The maximum absolute atomic E-state index is 12.3. The summed E-state index contributed by atoms with van der Waals surface area (Å²) in [7, 11) is -2.02. The fourth-order valence-corrected chi connectivity index (χ4v) is 3.87. The highest BCUT2D eigenvalue weighted by Gasteiger charge is 2.30. The average Bonchev–Trinajstić information content (AvgIpc) is 2.84. The molecule has 0 spiro atoms. The van der Waals surface area contributed by atoms with Crippen LogP contribution in [0.1, 0.15) is 32.6 Å². The first-order valence-corrected chi connectivity index (χ1v) is 8.28. The molecule has 0 aliphatic heterocycles. The summed E-state index contributed by atoms with van der Waals surface area (Å²) in [6.07, 6.45) is 4.49. The fourth-order valence-electron chi connectivity index (χ4n) is 2.64. The van der Waals surface area contributed by atoms with Gasteiger partial charge in [-0.3, -0.25) is 0 Å². The molecule has 1 aliphatic rings. The Labute approximate surface area is 120 Å². The van der Waals surface area contributed by atoms with Gasteiger partial charge >= 0.3 is 0 Å². The number of nitrogens with two attached hydrogens (primary N) is 1. The lowest BCUT2D eigenvalue weighted by Crippen LogP contribution is -2.34. The molecule has 1 saturated carbocycles. The van der Waals surface area contributed by atoms with Crippen LogP contribution in [0.4, 0.5) is 5.69 Å². The van der Waals surface area contributed by atoms with Gasteiger partial charge in [0.25, 0.3) is 0 Å². The number of benzene rings is 1. The van der Waals surface area contributed by atoms with E-state index in [0.29, 0.717) is 18.0 Å². The summed E-state index contributed by atoms with van der Waals surface area (Å²) >= 11 is 0. The number of anilines is 1. The molecule has 20 heavy (non-hydrogen) atoms. The Bertz CT molecular complexity index is 578. The van der Waals surface area contributed by atoms with Crippen LogP contribution in [0.25, 0.3) is 0 Å². The summed E-state index contributed by atoms with van der Waals surface area (Å²) in [6.45, 7) is 2.60. The van der Waals surface area contributed by atoms with E-state index >= 15 is 0 Å². The highest BCUT2D eigenvalue weighted by atomic mass is 32.2. The Kier molecular flexibility index (Phi) is 4.25. The van der Waals surface area contributed by atoms with Crippen LogP contribution in [0.3, 0.4) is 0 Å². The van der Waals surface area contributed by atoms with Crippen molar-refractivity contribution in [2.24, 2.45) is 5.41 Å². The first-order chi connectivity index (χ1) is 9.36. The SMILES string of the molecule is COc1ccc(S(=O)(=O)NCC2(C)CCCC2)cc1N. The van der Waals surface area contributed by atoms with Crippen LogP contribution in [0.2, 0.25) is 0 Å². The lowest BCUT2D eigenvalue weighted by molar-refractivity contribution is 0.336. The zero-order chi connectivity index (χ0) is 14.8. The minimum absolute atomic E-state index is 0.0745. The van der Waals surface area contributed by atoms with E-state index in [1.165, 1.54) is 32.1 Å². The Morgan fingerprint density at radius 1 is 1.35 bits per heavy atom. The van der Waals surface area contributed by atoms with E-state index < -0.39 is 10.0 Å². The second-order valence-corrected chi connectivity index (χ2v) is 7.51. The predicted octanol–water partition coefficient (Wildman–Crippen LogP) is 2.14. The molecule has 0 amide bonds. The highest BCUT2D eigenvalue weighted by Crippen LogP contribution is 2.37. The van der Waals surface area contributed by atoms with Crippen LogP contribution in [-0.2, 0) is 10.0 Å². The Morgan fingerprint density at radius 2 is 2.00 bits per heavy atom. The van der Waals surface area contributed by atoms with E-state index in [1.807, 2.05) is 0 Å². The van der Waals surface area contributed by atoms with Crippen LogP contribution < -0.4 is 15.2 Å². The Morgan fingerprint density at radius 3 is 2.55 bits per heavy atom. The normalized spacial score (nSPS) is 18.1. The van der Waals surface area contributed by atoms with Crippen molar-refractivity contribution in [1.82, 2.24) is 4.72 Å². The molecule has 6 heteroatoms. The molecule has 0 saturated heterocycles. The van der Waals surface area contributed by atoms with Crippen molar-refractivity contribution >= 4 is 15.7 Å². The minimum Gasteiger partial charge on any atom is -0.495 e. The van der Waals surface area contributed by atoms with Crippen LogP contribution in [0, 0.1) is 5.41 Å². The van der Waals surface area contributed by atoms with E-state index in [1.54, 1.807) is 6.07 Å². The summed E-state index contributed by atoms with van der Waals surface area (Å²) in [5.41, 5.74) is 6.15. The van der Waals surface area contributed by atoms with Gasteiger partial charge in [-0.05, 0) is 36.5 Å². The number of ether oxygens (including phenoxy) is 1. The van der Waals surface area contributed by atoms with Gasteiger partial charge in [0.05, 0.1) is 17.7 Å². The third kappa shape index (κ3) is 3.24. The van der Waals surface area contributed by atoms with Crippen LogP contribution in [-0.4, -0.2) is 22.1 Å². The summed E-state index contributed by atoms with van der Waals surface area (Å²) in [4.78, 5) is 0.178. The van der Waals surface area contributed by atoms with E-state index in [9.17, 15) is 8.42 Å². The lowest BCUT2D eigenvalue weighted by Gasteiger charge is -2.23. The maximum Gasteiger partial charge on any atom is 0.240 e. The summed E-state index contributed by atoms with van der Waals surface area (Å²) in [5.74, 6) is 0.478. The number of hydrogen-bond acceptors (Lipinski definition) is 4. The maximum atomic E-state index is 12.3. The van der Waals surface area contributed by atoms with Gasteiger partial charge in [0.2, 0.25) is 10.0 Å². The molecule has 3 N–H and O–H groups in total. The smallest absolute Gasteiger partial charge is 0.240 e. The number of hydrogen-bond donors (Lipinski definition) is 2. The van der Waals surface area contributed by atoms with Gasteiger partial charge in [0.15, 0.2) is 0 Å². The highest BCUT2D eigenvalue weighted by molar-refractivity contribution is 7.89. The molecule has 5 nitrogen and oxygen atoms in total. The van der Waals surface area contributed by atoms with E-state index in [-0.39, 0.29) is 10.3 Å². The van der Waals surface area contributed by atoms with Gasteiger partial charge in [0.1, 0.15) is 5.75 Å². The number of sulfonamides is 1. The summed E-state index contributed by atoms with van der Waals surface area (Å²) < 4.78 is 32.3. The van der Waals surface area contributed by atoms with Crippen molar-refractivity contribution < 1.29 is 13.2 Å². The second-order valence-electron chi connectivity index (χ2n) is 5.75. The molecule has 1 aliphatic carbocycles. The zero-order valence-electron chi connectivity index (χ0n) is 12.0. The van der Waals surface area contributed by atoms with Crippen molar-refractivity contribution in [1.29, 1.82) is 0 Å². The molecule has 1 aromatic carbocycles. The number of rotatable bonds is 5. The molecule has 1 aromatic rings. The molecule has 2 rings (SSSR count). The molecule has 0 atom stereocenters. The first kappa shape index (κ1) is 15.1. The van der Waals surface area contributed by atoms with Crippen LogP contribution >= 0.6 is 0 Å². The largest absolute Gasteiger partial charge is 0.495 e. The molecular formula is C14H22N2O3S. The van der Waals surface area contributed by atoms with Gasteiger partial charge in [-0.2, -0.15) is 0 Å². The monoisotopic (exact) mass is 298 g/mol. The molecule has 0 unspecified atom stereocenters. The van der Waals surface area contributed by atoms with Crippen LogP contribution in [0.15, 0.2) is 23.1 Å². The molecule has 0 bridgehead atoms. The topological polar surface area (TPSA) is 81.4 Å². The van der Waals surface area contributed by atoms with E-state index in [2.05, 4.69) is 11.6 Å². The van der Waals surface area contributed by atoms with Gasteiger partial charge in [-0.1, -0.05) is 19.8 Å². The third-order valence-electron chi connectivity index (χ3n) is 4.01. The average molecular weight is 298 g/mol. The van der Waals surface area contributed by atoms with E-state index in [0.717, 1.165) is 12.8 Å². The van der Waals surface area contributed by atoms with Gasteiger partial charge in [-0.15, -0.1) is 0 Å². The lowest BCUT2D eigenvalue weighted by atomic mass is 9.89. The predicted molar refractivity (Wildman–Crippen MR) is 79.2 cm³/mol. The standard InChI is InChI=1S/C14H22N2O3S/c1-14(7-3-4-8-14)10-16-20(17,18)11-5-6-13(19-2)12(15)9-11/h5-6,9,16H,3-4,7-8,10,15H2,1-2H3. The van der Waals surface area contributed by atoms with Gasteiger partial charge < -0.3 is 10.5 Å². The van der Waals surface area contributed by atoms with Crippen LogP contribution in [0.5, 0.6) is 5.75 Å². The Hall–Kier alpha value is -1.27. The van der Waals surface area contributed by atoms with Crippen molar-refractivity contribution in [2.45, 2.75) is 37.5 Å². The van der Waals surface area contributed by atoms with E-state index in [4.69, 9.17) is 10.5 Å². The zero-order valence-corrected chi connectivity index (χ0v) is 12.8. The van der Waals surface area contributed by atoms with Gasteiger partial charge in [0, 0.05) is 6.54 Å². The molecule has 1 fully saturated rings. The summed E-state index contributed by atoms with van der Waals surface area (Å²) in [5, 5.41) is 0. The molecule has 0 heterocycles. The third-order valence-corrected chi connectivity index (χ3v) is 5.41. The number of methoxy groups -OCH3 is 1. The molecule has 112 valence electrons. The molecular weight excluding hydrogens is 276 g/mol. The second kappa shape index (κ2) is 5.61. The molecule has 0 aromatic heterocycles. The van der Waals surface area contributed by atoms with Crippen molar-refractivity contribution in [2.75, 3.05) is 19.4 Å². The quantitative estimate of drug-likeness (QED) is 0.816.